The second-order valence-electron chi connectivity index (χ2n) is 3.52. The zero-order chi connectivity index (χ0) is 9.84. The van der Waals surface area contributed by atoms with E-state index < -0.39 is 0 Å². The molecule has 0 nitrogen and oxygen atoms in total. The van der Waals surface area contributed by atoms with Crippen LogP contribution in [0.25, 0.3) is 0 Å². The maximum atomic E-state index is 3.69. The molecule has 0 aromatic heterocycles. The summed E-state index contributed by atoms with van der Waals surface area (Å²) in [5, 5.41) is 0.932. The Labute approximate surface area is 97.0 Å². The highest BCUT2D eigenvalue weighted by Gasteiger charge is 2.10. The van der Waals surface area contributed by atoms with Crippen molar-refractivity contribution in [1.82, 2.24) is 0 Å². The number of halogens is 2. The van der Waals surface area contributed by atoms with Crippen LogP contribution in [-0.4, -0.2) is 0 Å². The molecule has 1 rings (SSSR count). The molecule has 72 valence electrons. The fourth-order valence-electron chi connectivity index (χ4n) is 1.18. The topological polar surface area (TPSA) is 0 Å². The molecule has 0 bridgehead atoms. The average Bonchev–Trinajstić information content (AvgIpc) is 2.17. The summed E-state index contributed by atoms with van der Waals surface area (Å²) in [4.78, 5) is 0.469. The van der Waals surface area contributed by atoms with Gasteiger partial charge in [-0.05, 0) is 17.0 Å². The monoisotopic (exact) mass is 304 g/mol. The van der Waals surface area contributed by atoms with Gasteiger partial charge in [-0.2, -0.15) is 0 Å². The first-order chi connectivity index (χ1) is 6.15. The zero-order valence-electron chi connectivity index (χ0n) is 7.93. The van der Waals surface area contributed by atoms with Gasteiger partial charge in [0, 0.05) is 10.2 Å². The number of hydrogen-bond donors (Lipinski definition) is 0. The van der Waals surface area contributed by atoms with Crippen LogP contribution in [0, 0.1) is 5.92 Å². The lowest BCUT2D eigenvalue weighted by atomic mass is 10.0. The molecular weight excluding hydrogens is 292 g/mol. The number of alkyl halides is 2. The summed E-state index contributed by atoms with van der Waals surface area (Å²) < 4.78 is 0. The summed E-state index contributed by atoms with van der Waals surface area (Å²) >= 11 is 7.12. The minimum Gasteiger partial charge on any atom is -0.0876 e. The second kappa shape index (κ2) is 5.16. The molecule has 0 aliphatic carbocycles. The Kier molecular flexibility index (Phi) is 4.47. The lowest BCUT2D eigenvalue weighted by molar-refractivity contribution is 0.641. The predicted molar refractivity (Wildman–Crippen MR) is 65.6 cm³/mol. The quantitative estimate of drug-likeness (QED) is 0.712. The minimum atomic E-state index is 0.469. The molecule has 0 saturated heterocycles. The Morgan fingerprint density at radius 3 is 2.08 bits per heavy atom. The van der Waals surface area contributed by atoms with Gasteiger partial charge >= 0.3 is 0 Å². The van der Waals surface area contributed by atoms with Gasteiger partial charge in [0.05, 0.1) is 0 Å². The van der Waals surface area contributed by atoms with Crippen LogP contribution in [0.1, 0.15) is 29.8 Å². The molecule has 1 aromatic rings. The van der Waals surface area contributed by atoms with E-state index in [1.807, 2.05) is 0 Å². The Hall–Kier alpha value is 0.180. The second-order valence-corrected chi connectivity index (χ2v) is 5.07. The molecule has 0 aliphatic heterocycles. The molecule has 0 amide bonds. The van der Waals surface area contributed by atoms with Gasteiger partial charge in [0.2, 0.25) is 0 Å². The molecule has 13 heavy (non-hydrogen) atoms. The molecule has 0 radical (unpaired) electrons. The van der Waals surface area contributed by atoms with Gasteiger partial charge in [0.15, 0.2) is 0 Å². The van der Waals surface area contributed by atoms with Gasteiger partial charge in [0.1, 0.15) is 0 Å². The summed E-state index contributed by atoms with van der Waals surface area (Å²) in [6.45, 7) is 4.44. The van der Waals surface area contributed by atoms with Crippen molar-refractivity contribution in [3.05, 3.63) is 35.4 Å². The van der Waals surface area contributed by atoms with Gasteiger partial charge in [0.25, 0.3) is 0 Å². The maximum Gasteiger partial charge on any atom is 0.0418 e. The first kappa shape index (κ1) is 11.3. The summed E-state index contributed by atoms with van der Waals surface area (Å²) in [5.74, 6) is 0.634. The van der Waals surface area contributed by atoms with Crippen molar-refractivity contribution in [2.75, 3.05) is 0 Å². The first-order valence-electron chi connectivity index (χ1n) is 4.44. The van der Waals surface area contributed by atoms with E-state index in [1.165, 1.54) is 11.1 Å². The van der Waals surface area contributed by atoms with Crippen molar-refractivity contribution < 1.29 is 0 Å². The smallest absolute Gasteiger partial charge is 0.0418 e. The normalized spacial score (nSPS) is 13.3. The molecular formula is C11H14Br2. The van der Waals surface area contributed by atoms with Crippen LogP contribution < -0.4 is 0 Å². The summed E-state index contributed by atoms with van der Waals surface area (Å²) in [5.41, 5.74) is 2.69. The number of rotatable bonds is 3. The Morgan fingerprint density at radius 1 is 1.15 bits per heavy atom. The van der Waals surface area contributed by atoms with Crippen LogP contribution in [0.15, 0.2) is 24.3 Å². The van der Waals surface area contributed by atoms with Crippen LogP contribution in [0.2, 0.25) is 0 Å². The minimum absolute atomic E-state index is 0.469. The summed E-state index contributed by atoms with van der Waals surface area (Å²) in [6, 6.07) is 8.72. The third kappa shape index (κ3) is 3.10. The summed E-state index contributed by atoms with van der Waals surface area (Å²) in [7, 11) is 0. The maximum absolute atomic E-state index is 3.69. The molecule has 0 fully saturated rings. The molecule has 1 atom stereocenters. The molecule has 0 aliphatic rings. The standard InChI is InChI=1S/C11H14Br2/c1-8(2)11(13)10-5-3-9(7-12)4-6-10/h3-6,8,11H,7H2,1-2H3. The predicted octanol–water partition coefficient (Wildman–Crippen LogP) is 4.67. The van der Waals surface area contributed by atoms with Crippen molar-refractivity contribution in [3.63, 3.8) is 0 Å². The van der Waals surface area contributed by atoms with Crippen molar-refractivity contribution >= 4 is 31.9 Å². The highest BCUT2D eigenvalue weighted by Crippen LogP contribution is 2.30. The van der Waals surface area contributed by atoms with E-state index >= 15 is 0 Å². The molecule has 0 spiro atoms. The van der Waals surface area contributed by atoms with Crippen LogP contribution in [0.3, 0.4) is 0 Å². The average molecular weight is 306 g/mol. The lowest BCUT2D eigenvalue weighted by Gasteiger charge is -2.14. The fraction of sp³-hybridized carbons (Fsp3) is 0.455. The highest BCUT2D eigenvalue weighted by atomic mass is 79.9. The van der Waals surface area contributed by atoms with E-state index in [2.05, 4.69) is 70.0 Å². The van der Waals surface area contributed by atoms with Crippen LogP contribution in [0.4, 0.5) is 0 Å². The Bertz CT molecular complexity index is 251. The lowest BCUT2D eigenvalue weighted by Crippen LogP contribution is -1.98. The molecule has 0 N–H and O–H groups in total. The van der Waals surface area contributed by atoms with E-state index in [-0.39, 0.29) is 0 Å². The molecule has 1 unspecified atom stereocenters. The molecule has 1 aromatic carbocycles. The van der Waals surface area contributed by atoms with Gasteiger partial charge in [-0.3, -0.25) is 0 Å². The van der Waals surface area contributed by atoms with Crippen LogP contribution >= 0.6 is 31.9 Å². The van der Waals surface area contributed by atoms with Gasteiger partial charge < -0.3 is 0 Å². The SMILES string of the molecule is CC(C)C(Br)c1ccc(CBr)cc1. The Morgan fingerprint density at radius 2 is 1.69 bits per heavy atom. The Balaban J connectivity index is 2.79. The van der Waals surface area contributed by atoms with E-state index in [1.54, 1.807) is 0 Å². The fourth-order valence-corrected chi connectivity index (χ4v) is 1.85. The van der Waals surface area contributed by atoms with Gasteiger partial charge in [-0.15, -0.1) is 0 Å². The number of hydrogen-bond acceptors (Lipinski definition) is 0. The van der Waals surface area contributed by atoms with Gasteiger partial charge in [-0.1, -0.05) is 70.0 Å². The van der Waals surface area contributed by atoms with E-state index in [0.717, 1.165) is 5.33 Å². The number of benzene rings is 1. The van der Waals surface area contributed by atoms with Crippen LogP contribution in [0.5, 0.6) is 0 Å². The molecule has 0 saturated carbocycles. The highest BCUT2D eigenvalue weighted by molar-refractivity contribution is 9.09. The van der Waals surface area contributed by atoms with Crippen molar-refractivity contribution in [2.45, 2.75) is 24.0 Å². The van der Waals surface area contributed by atoms with Crippen molar-refractivity contribution in [3.8, 4) is 0 Å². The van der Waals surface area contributed by atoms with E-state index in [9.17, 15) is 0 Å². The molecule has 2 heteroatoms. The molecule has 0 heterocycles. The summed E-state index contributed by atoms with van der Waals surface area (Å²) in [6.07, 6.45) is 0. The largest absolute Gasteiger partial charge is 0.0876 e. The third-order valence-electron chi connectivity index (χ3n) is 2.04. The van der Waals surface area contributed by atoms with Crippen LogP contribution in [-0.2, 0) is 5.33 Å². The van der Waals surface area contributed by atoms with Crippen molar-refractivity contribution in [1.29, 1.82) is 0 Å². The first-order valence-corrected chi connectivity index (χ1v) is 6.47. The van der Waals surface area contributed by atoms with Crippen molar-refractivity contribution in [2.24, 2.45) is 5.92 Å². The van der Waals surface area contributed by atoms with E-state index in [0.29, 0.717) is 10.7 Å². The third-order valence-corrected chi connectivity index (χ3v) is 4.27. The van der Waals surface area contributed by atoms with Gasteiger partial charge in [-0.25, -0.2) is 0 Å². The van der Waals surface area contributed by atoms with E-state index in [4.69, 9.17) is 0 Å². The zero-order valence-corrected chi connectivity index (χ0v) is 11.1.